The molecule has 100 valence electrons. The standard InChI is InChI=1S/C13H20N2O3/c1-9-12(13(16)17)5-11(18-9)7-14-6-10-3-4-15(2)8-10/h5,10,14H,3-4,6-8H2,1-2H3,(H,16,17). The van der Waals surface area contributed by atoms with Gasteiger partial charge in [-0.05, 0) is 45.5 Å². The van der Waals surface area contributed by atoms with Crippen molar-refractivity contribution in [1.82, 2.24) is 10.2 Å². The van der Waals surface area contributed by atoms with Crippen molar-refractivity contribution in [2.45, 2.75) is 19.9 Å². The maximum atomic E-state index is 10.9. The highest BCUT2D eigenvalue weighted by Gasteiger charge is 2.19. The molecule has 0 amide bonds. The fourth-order valence-electron chi connectivity index (χ4n) is 2.44. The van der Waals surface area contributed by atoms with Crippen molar-refractivity contribution in [2.75, 3.05) is 26.7 Å². The van der Waals surface area contributed by atoms with Gasteiger partial charge in [-0.25, -0.2) is 4.79 Å². The van der Waals surface area contributed by atoms with Crippen molar-refractivity contribution in [1.29, 1.82) is 0 Å². The summed E-state index contributed by atoms with van der Waals surface area (Å²) in [5.74, 6) is 0.918. The summed E-state index contributed by atoms with van der Waals surface area (Å²) in [6.45, 7) is 5.51. The summed E-state index contributed by atoms with van der Waals surface area (Å²) in [7, 11) is 2.13. The van der Waals surface area contributed by atoms with Gasteiger partial charge in [0.2, 0.25) is 0 Å². The molecule has 0 aliphatic carbocycles. The van der Waals surface area contributed by atoms with Crippen LogP contribution in [0.15, 0.2) is 10.5 Å². The Bertz CT molecular complexity index is 428. The molecule has 1 atom stereocenters. The first-order chi connectivity index (χ1) is 8.56. The van der Waals surface area contributed by atoms with E-state index in [1.54, 1.807) is 13.0 Å². The van der Waals surface area contributed by atoms with Gasteiger partial charge in [0.05, 0.1) is 6.54 Å². The van der Waals surface area contributed by atoms with Gasteiger partial charge in [-0.15, -0.1) is 0 Å². The van der Waals surface area contributed by atoms with E-state index in [1.165, 1.54) is 6.42 Å². The Labute approximate surface area is 107 Å². The number of carboxylic acid groups (broad SMARTS) is 1. The molecule has 2 rings (SSSR count). The van der Waals surface area contributed by atoms with Gasteiger partial charge in [0.25, 0.3) is 0 Å². The molecule has 1 fully saturated rings. The number of nitrogens with one attached hydrogen (secondary N) is 1. The van der Waals surface area contributed by atoms with Crippen LogP contribution in [0.4, 0.5) is 0 Å². The third kappa shape index (κ3) is 3.11. The van der Waals surface area contributed by atoms with Gasteiger partial charge >= 0.3 is 5.97 Å². The van der Waals surface area contributed by atoms with Gasteiger partial charge < -0.3 is 19.7 Å². The predicted octanol–water partition coefficient (Wildman–Crippen LogP) is 1.33. The largest absolute Gasteiger partial charge is 0.478 e. The van der Waals surface area contributed by atoms with Crippen molar-refractivity contribution < 1.29 is 14.3 Å². The second-order valence-corrected chi connectivity index (χ2v) is 5.04. The molecule has 1 aliphatic heterocycles. The van der Waals surface area contributed by atoms with Crippen molar-refractivity contribution in [2.24, 2.45) is 5.92 Å². The Kier molecular flexibility index (Phi) is 4.04. The number of aromatic carboxylic acids is 1. The first kappa shape index (κ1) is 13.1. The highest BCUT2D eigenvalue weighted by molar-refractivity contribution is 5.88. The Morgan fingerprint density at radius 3 is 3.00 bits per heavy atom. The third-order valence-corrected chi connectivity index (χ3v) is 3.42. The number of hydrogen-bond donors (Lipinski definition) is 2. The minimum absolute atomic E-state index is 0.257. The highest BCUT2D eigenvalue weighted by Crippen LogP contribution is 2.16. The van der Waals surface area contributed by atoms with Crippen LogP contribution in [0.3, 0.4) is 0 Å². The molecule has 2 heterocycles. The van der Waals surface area contributed by atoms with Crippen molar-refractivity contribution in [3.8, 4) is 0 Å². The second kappa shape index (κ2) is 5.54. The number of rotatable bonds is 5. The van der Waals surface area contributed by atoms with E-state index in [9.17, 15) is 4.79 Å². The fourth-order valence-corrected chi connectivity index (χ4v) is 2.44. The maximum Gasteiger partial charge on any atom is 0.339 e. The average molecular weight is 252 g/mol. The van der Waals surface area contributed by atoms with Crippen molar-refractivity contribution in [3.05, 3.63) is 23.2 Å². The molecule has 0 saturated carbocycles. The molecule has 0 radical (unpaired) electrons. The van der Waals surface area contributed by atoms with Crippen LogP contribution in [-0.2, 0) is 6.54 Å². The van der Waals surface area contributed by atoms with Gasteiger partial charge in [0.15, 0.2) is 0 Å². The molecule has 1 aromatic heterocycles. The SMILES string of the molecule is Cc1oc(CNCC2CCN(C)C2)cc1C(=O)O. The molecule has 18 heavy (non-hydrogen) atoms. The number of carboxylic acids is 1. The Hall–Kier alpha value is -1.33. The zero-order chi connectivity index (χ0) is 13.1. The zero-order valence-electron chi connectivity index (χ0n) is 10.9. The minimum Gasteiger partial charge on any atom is -0.478 e. The van der Waals surface area contributed by atoms with Crippen LogP contribution in [0.5, 0.6) is 0 Å². The lowest BCUT2D eigenvalue weighted by Crippen LogP contribution is -2.24. The summed E-state index contributed by atoms with van der Waals surface area (Å²) >= 11 is 0. The fraction of sp³-hybridized carbons (Fsp3) is 0.615. The molecule has 5 heteroatoms. The number of furan rings is 1. The van der Waals surface area contributed by atoms with E-state index in [0.29, 0.717) is 24.0 Å². The van der Waals surface area contributed by atoms with Crippen LogP contribution in [0, 0.1) is 12.8 Å². The summed E-state index contributed by atoms with van der Waals surface area (Å²) in [5, 5.41) is 12.3. The molecule has 1 aromatic rings. The summed E-state index contributed by atoms with van der Waals surface area (Å²) in [6, 6.07) is 1.60. The zero-order valence-corrected chi connectivity index (χ0v) is 10.9. The van der Waals surface area contributed by atoms with Crippen LogP contribution in [-0.4, -0.2) is 42.7 Å². The summed E-state index contributed by atoms with van der Waals surface area (Å²) in [4.78, 5) is 13.2. The van der Waals surface area contributed by atoms with Crippen LogP contribution in [0.1, 0.15) is 28.3 Å². The van der Waals surface area contributed by atoms with Crippen molar-refractivity contribution >= 4 is 5.97 Å². The number of aryl methyl sites for hydroxylation is 1. The van der Waals surface area contributed by atoms with E-state index in [0.717, 1.165) is 19.6 Å². The predicted molar refractivity (Wildman–Crippen MR) is 67.7 cm³/mol. The number of likely N-dealkylation sites (tertiary alicyclic amines) is 1. The van der Waals surface area contributed by atoms with E-state index in [4.69, 9.17) is 9.52 Å². The summed E-state index contributed by atoms with van der Waals surface area (Å²) < 4.78 is 5.41. The minimum atomic E-state index is -0.931. The van der Waals surface area contributed by atoms with E-state index in [-0.39, 0.29) is 5.56 Å². The highest BCUT2D eigenvalue weighted by atomic mass is 16.4. The lowest BCUT2D eigenvalue weighted by atomic mass is 10.1. The van der Waals surface area contributed by atoms with Gasteiger partial charge in [0, 0.05) is 6.54 Å². The molecular weight excluding hydrogens is 232 g/mol. The average Bonchev–Trinajstić information content (AvgIpc) is 2.85. The summed E-state index contributed by atoms with van der Waals surface area (Å²) in [6.07, 6.45) is 1.22. The first-order valence-electron chi connectivity index (χ1n) is 6.28. The Morgan fingerprint density at radius 1 is 1.67 bits per heavy atom. The van der Waals surface area contributed by atoms with Gasteiger partial charge in [-0.1, -0.05) is 0 Å². The first-order valence-corrected chi connectivity index (χ1v) is 6.28. The van der Waals surface area contributed by atoms with Crippen LogP contribution < -0.4 is 5.32 Å². The third-order valence-electron chi connectivity index (χ3n) is 3.42. The Balaban J connectivity index is 1.80. The normalized spacial score (nSPS) is 20.4. The molecular formula is C13H20N2O3. The molecule has 1 aliphatic rings. The Morgan fingerprint density at radius 2 is 2.44 bits per heavy atom. The van der Waals surface area contributed by atoms with E-state index in [1.807, 2.05) is 0 Å². The number of carbonyl (C=O) groups is 1. The van der Waals surface area contributed by atoms with Crippen molar-refractivity contribution in [3.63, 3.8) is 0 Å². The number of hydrogen-bond acceptors (Lipinski definition) is 4. The van der Waals surface area contributed by atoms with Gasteiger partial charge in [-0.2, -0.15) is 0 Å². The lowest BCUT2D eigenvalue weighted by molar-refractivity contribution is 0.0695. The topological polar surface area (TPSA) is 65.7 Å². The molecule has 1 unspecified atom stereocenters. The van der Waals surface area contributed by atoms with Crippen LogP contribution >= 0.6 is 0 Å². The van der Waals surface area contributed by atoms with E-state index in [2.05, 4.69) is 17.3 Å². The maximum absolute atomic E-state index is 10.9. The van der Waals surface area contributed by atoms with Crippen LogP contribution in [0.25, 0.3) is 0 Å². The van der Waals surface area contributed by atoms with Gasteiger partial charge in [0.1, 0.15) is 17.1 Å². The molecule has 0 aromatic carbocycles. The molecule has 0 spiro atoms. The second-order valence-electron chi connectivity index (χ2n) is 5.04. The lowest BCUT2D eigenvalue weighted by Gasteiger charge is -2.10. The number of nitrogens with zero attached hydrogens (tertiary/aromatic N) is 1. The van der Waals surface area contributed by atoms with E-state index >= 15 is 0 Å². The molecule has 0 bridgehead atoms. The van der Waals surface area contributed by atoms with Gasteiger partial charge in [-0.3, -0.25) is 0 Å². The van der Waals surface area contributed by atoms with Crippen LogP contribution in [0.2, 0.25) is 0 Å². The quantitative estimate of drug-likeness (QED) is 0.827. The van der Waals surface area contributed by atoms with E-state index < -0.39 is 5.97 Å². The summed E-state index contributed by atoms with van der Waals surface area (Å²) in [5.41, 5.74) is 0.257. The molecule has 5 nitrogen and oxygen atoms in total. The smallest absolute Gasteiger partial charge is 0.339 e. The molecule has 2 N–H and O–H groups in total. The monoisotopic (exact) mass is 252 g/mol. The molecule has 1 saturated heterocycles.